The molecule has 0 saturated carbocycles. The van der Waals surface area contributed by atoms with E-state index in [-0.39, 0.29) is 66.3 Å². The zero-order valence-electron chi connectivity index (χ0n) is 56.6. The summed E-state index contributed by atoms with van der Waals surface area (Å²) in [5.41, 5.74) is 6.63. The molecule has 2 heterocycles. The number of rotatable bonds is 14. The Morgan fingerprint density at radius 1 is 0.690 bits per heavy atom. The van der Waals surface area contributed by atoms with E-state index in [0.717, 1.165) is 59.1 Å². The van der Waals surface area contributed by atoms with E-state index in [1.54, 1.807) is 6.07 Å². The van der Waals surface area contributed by atoms with Crippen molar-refractivity contribution in [3.63, 3.8) is 0 Å². The second kappa shape index (κ2) is 20.9. The molecule has 0 aliphatic heterocycles. The number of aromatic nitrogens is 3. The van der Waals surface area contributed by atoms with Gasteiger partial charge in [0.25, 0.3) is 0 Å². The van der Waals surface area contributed by atoms with Crippen molar-refractivity contribution >= 4 is 11.0 Å². The zero-order valence-corrected chi connectivity index (χ0v) is 45.9. The van der Waals surface area contributed by atoms with Crippen LogP contribution in [0.5, 0.6) is 5.75 Å². The number of phenolic OH excluding ortho intramolecular Hbond substituents is 1. The number of pyridine rings is 1. The molecule has 2 aromatic heterocycles. The molecule has 0 spiro atoms. The van der Waals surface area contributed by atoms with Crippen LogP contribution in [0, 0.1) is 19.8 Å². The Kier molecular flexibility index (Phi) is 11.2. The number of para-hydroxylation sites is 1. The van der Waals surface area contributed by atoms with Crippen LogP contribution in [0.3, 0.4) is 0 Å². The zero-order chi connectivity index (χ0) is 61.5. The average Bonchev–Trinajstić information content (AvgIpc) is 1.45. The summed E-state index contributed by atoms with van der Waals surface area (Å²) in [6, 6.07) is 24.5. The largest absolute Gasteiger partial charge is 0.507 e. The van der Waals surface area contributed by atoms with Crippen molar-refractivity contribution in [2.24, 2.45) is 0 Å². The van der Waals surface area contributed by atoms with E-state index in [4.69, 9.17) is 17.3 Å². The molecule has 0 unspecified atom stereocenters. The van der Waals surface area contributed by atoms with E-state index in [2.05, 4.69) is 84.6 Å². The number of aromatic hydroxyl groups is 1. The standard InChI is InChI=1S/C66H76N3O.Pt/c1-16-65(14,17-2)55-23-21-24-56(66(15,18-3)19-4)60(55)47-30-31-58(44(10)34-47)69-59-25-20-22-52(61(59)68-63(69)54-39-48(41(5)6)38-53(42(7)8)62(54)70)49-35-50(37-51(36-49)64(11,12)13)57-40-46(32-33-67-57)45-28-26-43(9)27-29-45;/h20-34,36-42,70H,16-19H2,1-15H3;/q-1;/i9D3,10D3,26D,27D,28D,29D,32D,33D,40D;. The smallest absolute Gasteiger partial charge is 0.148 e. The van der Waals surface area contributed by atoms with Gasteiger partial charge < -0.3 is 5.11 Å². The number of nitrogens with zero attached hydrogens (tertiary/aromatic N) is 3. The molecule has 0 saturated heterocycles. The van der Waals surface area contributed by atoms with Gasteiger partial charge in [0.05, 0.1) is 31.9 Å². The van der Waals surface area contributed by atoms with Crippen molar-refractivity contribution in [1.29, 1.82) is 0 Å². The maximum Gasteiger partial charge on any atom is 0.148 e. The van der Waals surface area contributed by atoms with Crippen molar-refractivity contribution in [3.05, 3.63) is 166 Å². The molecule has 0 bridgehead atoms. The third-order valence-electron chi connectivity index (χ3n) is 15.1. The number of benzene rings is 6. The van der Waals surface area contributed by atoms with Crippen molar-refractivity contribution in [3.8, 4) is 67.5 Å². The number of aryl methyl sites for hydroxylation is 1. The summed E-state index contributed by atoms with van der Waals surface area (Å²) < 4.78 is 117. The molecule has 1 N–H and O–H groups in total. The van der Waals surface area contributed by atoms with E-state index < -0.39 is 78.2 Å². The minimum atomic E-state index is -3.00. The summed E-state index contributed by atoms with van der Waals surface area (Å²) in [6.07, 6.45) is 2.86. The maximum atomic E-state index is 12.5. The third kappa shape index (κ3) is 10.1. The van der Waals surface area contributed by atoms with Crippen LogP contribution in [0.1, 0.15) is 184 Å². The number of imidazole rings is 1. The molecule has 6 aromatic carbocycles. The molecule has 0 fully saturated rings. The average molecular weight is 1140 g/mol. The normalized spacial score (nSPS) is 15.3. The summed E-state index contributed by atoms with van der Waals surface area (Å²) in [7, 11) is 0. The number of hydrogen-bond donors (Lipinski definition) is 1. The first kappa shape index (κ1) is 38.1. The molecule has 0 amide bonds. The van der Waals surface area contributed by atoms with Crippen LogP contribution in [0.15, 0.2) is 121 Å². The summed E-state index contributed by atoms with van der Waals surface area (Å²) in [6.45, 7) is 21.9. The molecule has 5 heteroatoms. The molecule has 4 nitrogen and oxygen atoms in total. The van der Waals surface area contributed by atoms with E-state index in [1.807, 2.05) is 93.8 Å². The molecular formula is C66H76N3OPt-. The van der Waals surface area contributed by atoms with Gasteiger partial charge in [0.2, 0.25) is 0 Å². The van der Waals surface area contributed by atoms with Crippen molar-refractivity contribution in [2.45, 2.75) is 157 Å². The summed E-state index contributed by atoms with van der Waals surface area (Å²) in [4.78, 5) is 9.90. The van der Waals surface area contributed by atoms with E-state index in [9.17, 15) is 10.6 Å². The van der Waals surface area contributed by atoms with Gasteiger partial charge >= 0.3 is 0 Å². The summed E-state index contributed by atoms with van der Waals surface area (Å²) >= 11 is 0. The molecule has 8 rings (SSSR count). The number of phenols is 1. The van der Waals surface area contributed by atoms with Gasteiger partial charge in [-0.05, 0) is 148 Å². The Morgan fingerprint density at radius 2 is 1.34 bits per heavy atom. The fourth-order valence-corrected chi connectivity index (χ4v) is 9.67. The fraction of sp³-hybridized carbons (Fsp3) is 0.364. The van der Waals surface area contributed by atoms with Gasteiger partial charge in [0.15, 0.2) is 0 Å². The molecule has 8 aromatic rings. The first-order valence-electron chi connectivity index (χ1n) is 31.5. The molecular weight excluding hydrogens is 1050 g/mol. The molecule has 71 heavy (non-hydrogen) atoms. The first-order chi connectivity index (χ1) is 38.6. The number of fused-ring (bicyclic) bond motifs is 1. The second-order valence-corrected chi connectivity index (χ2v) is 21.1. The quantitative estimate of drug-likeness (QED) is 0.110. The predicted octanol–water partition coefficient (Wildman–Crippen LogP) is 18.6. The Hall–Kier alpha value is -5.57. The fourth-order valence-electron chi connectivity index (χ4n) is 9.67. The Bertz CT molecular complexity index is 3780. The predicted molar refractivity (Wildman–Crippen MR) is 299 cm³/mol. The van der Waals surface area contributed by atoms with Gasteiger partial charge in [-0.15, -0.1) is 29.3 Å². The van der Waals surface area contributed by atoms with Crippen LogP contribution < -0.4 is 0 Å². The van der Waals surface area contributed by atoms with Crippen molar-refractivity contribution < 1.29 is 44.0 Å². The van der Waals surface area contributed by atoms with Gasteiger partial charge in [-0.2, -0.15) is 0 Å². The maximum absolute atomic E-state index is 12.5. The third-order valence-corrected chi connectivity index (χ3v) is 15.1. The van der Waals surface area contributed by atoms with Crippen LogP contribution in [0.25, 0.3) is 72.7 Å². The second-order valence-electron chi connectivity index (χ2n) is 21.1. The van der Waals surface area contributed by atoms with Gasteiger partial charge in [-0.25, -0.2) is 4.98 Å². The molecule has 0 aliphatic rings. The minimum absolute atomic E-state index is 0. The Balaban J connectivity index is 0.0000101. The van der Waals surface area contributed by atoms with Gasteiger partial charge in [-0.3, -0.25) is 9.55 Å². The minimum Gasteiger partial charge on any atom is -0.507 e. The SMILES string of the molecule is [2H]c1nc(-c2[c-]c(-c3cccc4c3nc(-c3cc(C(C)C)cc(C(C)C)c3O)n4-c3ccc(-c4c(C(C)(CC)CC)cccc4C(C)(CC)CC)cc3C([2H])([2H])[2H])cc(C(C)(C)C)c2)c([2H])c(-c2c([2H])c([2H])c(C([2H])([2H])[2H])c([2H])c2[2H])c1[2H].[Pt]. The van der Waals surface area contributed by atoms with Crippen LogP contribution in [-0.4, -0.2) is 19.6 Å². The monoisotopic (exact) mass is 1130 g/mol. The molecule has 0 aliphatic carbocycles. The van der Waals surface area contributed by atoms with Gasteiger partial charge in [0.1, 0.15) is 11.6 Å². The number of hydrogen-bond acceptors (Lipinski definition) is 3. The van der Waals surface area contributed by atoms with Crippen LogP contribution in [0.4, 0.5) is 0 Å². The molecule has 372 valence electrons. The summed E-state index contributed by atoms with van der Waals surface area (Å²) in [5, 5.41) is 12.5. The van der Waals surface area contributed by atoms with Crippen LogP contribution in [-0.2, 0) is 37.3 Å². The van der Waals surface area contributed by atoms with E-state index in [0.29, 0.717) is 44.8 Å². The Morgan fingerprint density at radius 3 is 1.93 bits per heavy atom. The van der Waals surface area contributed by atoms with Gasteiger partial charge in [0, 0.05) is 41.2 Å². The van der Waals surface area contributed by atoms with Crippen molar-refractivity contribution in [1.82, 2.24) is 14.5 Å². The van der Waals surface area contributed by atoms with Crippen LogP contribution >= 0.6 is 0 Å². The van der Waals surface area contributed by atoms with Gasteiger partial charge in [-0.1, -0.05) is 179 Å². The first-order valence-corrected chi connectivity index (χ1v) is 25.0. The molecule has 0 radical (unpaired) electrons. The van der Waals surface area contributed by atoms with Crippen molar-refractivity contribution in [2.75, 3.05) is 0 Å². The van der Waals surface area contributed by atoms with E-state index in [1.165, 1.54) is 0 Å². The summed E-state index contributed by atoms with van der Waals surface area (Å²) in [5.74, 6) is 0.243. The van der Waals surface area contributed by atoms with E-state index >= 15 is 0 Å². The topological polar surface area (TPSA) is 50.9 Å². The molecule has 0 atom stereocenters. The van der Waals surface area contributed by atoms with Crippen LogP contribution in [0.2, 0.25) is 0 Å². The Labute approximate surface area is 459 Å².